The van der Waals surface area contributed by atoms with Crippen LogP contribution in [0.2, 0.25) is 0 Å². The molecule has 3 aromatic rings. The van der Waals surface area contributed by atoms with Crippen molar-refractivity contribution < 1.29 is 35.8 Å². The summed E-state index contributed by atoms with van der Waals surface area (Å²) >= 11 is 0. The fraction of sp³-hybridized carbons (Fsp3) is 0.154. The van der Waals surface area contributed by atoms with E-state index in [0.29, 0.717) is 12.1 Å². The summed E-state index contributed by atoms with van der Waals surface area (Å²) in [7, 11) is 0. The molecule has 36 heavy (non-hydrogen) atoms. The zero-order chi connectivity index (χ0) is 26.1. The van der Waals surface area contributed by atoms with E-state index < -0.39 is 40.8 Å². The third-order valence-corrected chi connectivity index (χ3v) is 5.41. The number of hydrogen-bond donors (Lipinski definition) is 2. The highest BCUT2D eigenvalue weighted by molar-refractivity contribution is 5.52. The molecule has 1 aliphatic rings. The molecule has 0 amide bonds. The third-order valence-electron chi connectivity index (χ3n) is 5.41. The summed E-state index contributed by atoms with van der Waals surface area (Å²) in [5, 5.41) is 0. The molecule has 10 heteroatoms. The summed E-state index contributed by atoms with van der Waals surface area (Å²) in [6.07, 6.45) is -4.00. The molecular weight excluding hydrogens is 486 g/mol. The highest BCUT2D eigenvalue weighted by Gasteiger charge is 2.41. The van der Waals surface area contributed by atoms with Crippen LogP contribution in [-0.4, -0.2) is 5.79 Å². The zero-order valence-electron chi connectivity index (χ0n) is 18.5. The van der Waals surface area contributed by atoms with Crippen LogP contribution in [-0.2, 0) is 12.4 Å². The Hall–Kier alpha value is -4.08. The van der Waals surface area contributed by atoms with Crippen molar-refractivity contribution in [3.8, 4) is 11.5 Å². The van der Waals surface area contributed by atoms with E-state index >= 15 is 0 Å². The number of benzene rings is 3. The van der Waals surface area contributed by atoms with Crippen molar-refractivity contribution in [3.05, 3.63) is 108 Å². The maximum absolute atomic E-state index is 13.7. The number of nitrogen functional groups attached to an aromatic ring is 2. The lowest BCUT2D eigenvalue weighted by Crippen LogP contribution is -2.40. The van der Waals surface area contributed by atoms with Crippen LogP contribution in [0.1, 0.15) is 22.6 Å². The predicted molar refractivity (Wildman–Crippen MR) is 123 cm³/mol. The van der Waals surface area contributed by atoms with E-state index in [2.05, 4.69) is 0 Å². The molecule has 4 N–H and O–H groups in total. The van der Waals surface area contributed by atoms with E-state index in [1.54, 1.807) is 24.3 Å². The molecule has 0 saturated heterocycles. The Kier molecular flexibility index (Phi) is 6.38. The van der Waals surface area contributed by atoms with E-state index in [0.717, 1.165) is 17.7 Å². The molecule has 0 aliphatic heterocycles. The summed E-state index contributed by atoms with van der Waals surface area (Å²) in [6, 6.07) is 14.8. The van der Waals surface area contributed by atoms with E-state index in [4.69, 9.17) is 20.9 Å². The number of hydrogen-bond acceptors (Lipinski definition) is 4. The highest BCUT2D eigenvalue weighted by atomic mass is 19.4. The van der Waals surface area contributed by atoms with Crippen LogP contribution in [0, 0.1) is 0 Å². The maximum atomic E-state index is 13.7. The number of halogens is 6. The Morgan fingerprint density at radius 3 is 1.50 bits per heavy atom. The smallest absolute Gasteiger partial charge is 0.420 e. The quantitative estimate of drug-likeness (QED) is 0.170. The molecule has 1 aliphatic carbocycles. The van der Waals surface area contributed by atoms with E-state index in [1.165, 1.54) is 24.3 Å². The van der Waals surface area contributed by atoms with Gasteiger partial charge < -0.3 is 20.9 Å². The molecule has 4 rings (SSSR count). The topological polar surface area (TPSA) is 70.5 Å². The van der Waals surface area contributed by atoms with Crippen molar-refractivity contribution in [1.29, 1.82) is 0 Å². The lowest BCUT2D eigenvalue weighted by molar-refractivity contribution is -0.143. The van der Waals surface area contributed by atoms with Gasteiger partial charge in [-0.1, -0.05) is 42.5 Å². The van der Waals surface area contributed by atoms with Crippen molar-refractivity contribution >= 4 is 11.4 Å². The van der Waals surface area contributed by atoms with Gasteiger partial charge in [0.1, 0.15) is 11.5 Å². The van der Waals surface area contributed by atoms with Gasteiger partial charge in [-0.05, 0) is 42.0 Å². The molecule has 0 bridgehead atoms. The first-order valence-corrected chi connectivity index (χ1v) is 10.6. The van der Waals surface area contributed by atoms with Gasteiger partial charge in [0.05, 0.1) is 11.1 Å². The number of alkyl halides is 6. The van der Waals surface area contributed by atoms with Crippen molar-refractivity contribution in [1.82, 2.24) is 0 Å². The first-order chi connectivity index (χ1) is 16.9. The van der Waals surface area contributed by atoms with Crippen molar-refractivity contribution in [3.63, 3.8) is 0 Å². The fourth-order valence-corrected chi connectivity index (χ4v) is 3.71. The molecule has 3 aromatic carbocycles. The SMILES string of the molecule is Nc1ccc(OC2(Oc3ccc(N)cc3C(F)(F)F)C=CC(c3ccccc3)C=C2)c(C(F)(F)F)c1. The van der Waals surface area contributed by atoms with Crippen molar-refractivity contribution in [2.24, 2.45) is 0 Å². The van der Waals surface area contributed by atoms with Gasteiger partial charge in [-0.3, -0.25) is 0 Å². The second-order valence-electron chi connectivity index (χ2n) is 8.09. The summed E-state index contributed by atoms with van der Waals surface area (Å²) in [6.45, 7) is 0. The monoisotopic (exact) mass is 506 g/mol. The summed E-state index contributed by atoms with van der Waals surface area (Å²) < 4.78 is 93.6. The van der Waals surface area contributed by atoms with Crippen LogP contribution in [0.4, 0.5) is 37.7 Å². The minimum atomic E-state index is -4.85. The van der Waals surface area contributed by atoms with Crippen molar-refractivity contribution in [2.45, 2.75) is 24.1 Å². The minimum absolute atomic E-state index is 0.165. The summed E-state index contributed by atoms with van der Waals surface area (Å²) in [5.41, 5.74) is 9.17. The Morgan fingerprint density at radius 2 is 1.08 bits per heavy atom. The molecule has 0 aromatic heterocycles. The highest BCUT2D eigenvalue weighted by Crippen LogP contribution is 2.43. The number of anilines is 2. The molecule has 4 nitrogen and oxygen atoms in total. The molecule has 188 valence electrons. The van der Waals surface area contributed by atoms with Gasteiger partial charge >= 0.3 is 12.4 Å². The number of ether oxygens (including phenoxy) is 2. The first-order valence-electron chi connectivity index (χ1n) is 10.6. The first kappa shape index (κ1) is 25.0. The van der Waals surface area contributed by atoms with Gasteiger partial charge in [-0.25, -0.2) is 0 Å². The second kappa shape index (κ2) is 9.18. The average Bonchev–Trinajstić information content (AvgIpc) is 2.81. The molecule has 0 spiro atoms. The van der Waals surface area contributed by atoms with Gasteiger partial charge in [0.2, 0.25) is 0 Å². The molecule has 0 heterocycles. The predicted octanol–water partition coefficient (Wildman–Crippen LogP) is 6.95. The minimum Gasteiger partial charge on any atom is -0.445 e. The summed E-state index contributed by atoms with van der Waals surface area (Å²) in [5.74, 6) is -3.80. The van der Waals surface area contributed by atoms with Gasteiger partial charge in [-0.2, -0.15) is 26.3 Å². The Morgan fingerprint density at radius 1 is 0.639 bits per heavy atom. The Bertz CT molecular complexity index is 1220. The molecule has 0 atom stereocenters. The van der Waals surface area contributed by atoms with Crippen LogP contribution < -0.4 is 20.9 Å². The van der Waals surface area contributed by atoms with Crippen molar-refractivity contribution in [2.75, 3.05) is 11.5 Å². The largest absolute Gasteiger partial charge is 0.445 e. The number of nitrogens with two attached hydrogens (primary N) is 2. The zero-order valence-corrected chi connectivity index (χ0v) is 18.5. The fourth-order valence-electron chi connectivity index (χ4n) is 3.71. The van der Waals surface area contributed by atoms with Crippen LogP contribution in [0.3, 0.4) is 0 Å². The van der Waals surface area contributed by atoms with Gasteiger partial charge in [-0.15, -0.1) is 0 Å². The number of allylic oxidation sites excluding steroid dienone is 2. The van der Waals surface area contributed by atoms with Crippen LogP contribution in [0.25, 0.3) is 0 Å². The lowest BCUT2D eigenvalue weighted by atomic mass is 9.92. The molecular formula is C26H20F6N2O2. The third kappa shape index (κ3) is 5.42. The van der Waals surface area contributed by atoms with Gasteiger partial charge in [0, 0.05) is 29.4 Å². The van der Waals surface area contributed by atoms with E-state index in [-0.39, 0.29) is 17.3 Å². The van der Waals surface area contributed by atoms with Crippen LogP contribution >= 0.6 is 0 Å². The van der Waals surface area contributed by atoms with Crippen LogP contribution in [0.15, 0.2) is 91.0 Å². The maximum Gasteiger partial charge on any atom is 0.420 e. The van der Waals surface area contributed by atoms with Gasteiger partial charge in [0.25, 0.3) is 5.79 Å². The standard InChI is InChI=1S/C26H20F6N2O2/c27-25(28,29)20-14-18(33)6-8-22(20)35-24(12-10-17(11-13-24)16-4-2-1-3-5-16)36-23-9-7-19(34)15-21(23)26(30,31)32/h1-15,17H,33-34H2. The number of rotatable bonds is 5. The summed E-state index contributed by atoms with van der Waals surface area (Å²) in [4.78, 5) is 0. The molecule has 0 fully saturated rings. The Labute approximate surface area is 202 Å². The van der Waals surface area contributed by atoms with E-state index in [1.807, 2.05) is 18.2 Å². The van der Waals surface area contributed by atoms with Gasteiger partial charge in [0.15, 0.2) is 0 Å². The average molecular weight is 506 g/mol. The van der Waals surface area contributed by atoms with Crippen LogP contribution in [0.5, 0.6) is 11.5 Å². The molecule has 0 saturated carbocycles. The second-order valence-corrected chi connectivity index (χ2v) is 8.09. The molecule has 0 radical (unpaired) electrons. The Balaban J connectivity index is 1.79. The lowest BCUT2D eigenvalue weighted by Gasteiger charge is -2.34. The molecule has 0 unspecified atom stereocenters. The van der Waals surface area contributed by atoms with E-state index in [9.17, 15) is 26.3 Å². The normalized spacial score (nSPS) is 15.6.